The third kappa shape index (κ3) is 6.36. The van der Waals surface area contributed by atoms with Crippen LogP contribution in [0.3, 0.4) is 0 Å². The number of anilines is 1. The van der Waals surface area contributed by atoms with Crippen molar-refractivity contribution in [3.63, 3.8) is 0 Å². The third-order valence-corrected chi connectivity index (χ3v) is 6.30. The maximum absolute atomic E-state index is 13.2. The number of amides is 1. The maximum Gasteiger partial charge on any atom is 0.262 e. The highest BCUT2D eigenvalue weighted by atomic mass is 32.2. The number of fused-ring (bicyclic) bond motifs is 1. The van der Waals surface area contributed by atoms with Crippen LogP contribution in [0, 0.1) is 0 Å². The first-order valence-corrected chi connectivity index (χ1v) is 12.3. The summed E-state index contributed by atoms with van der Waals surface area (Å²) in [5, 5.41) is 4.14. The zero-order valence-corrected chi connectivity index (χ0v) is 19.7. The molecule has 3 rings (SSSR count). The first-order valence-electron chi connectivity index (χ1n) is 11.3. The normalized spacial score (nSPS) is 10.9. The van der Waals surface area contributed by atoms with Gasteiger partial charge in [0, 0.05) is 31.9 Å². The van der Waals surface area contributed by atoms with E-state index in [1.54, 1.807) is 4.57 Å². The van der Waals surface area contributed by atoms with Crippen LogP contribution in [-0.4, -0.2) is 40.8 Å². The topological polar surface area (TPSA) is 67.2 Å². The lowest BCUT2D eigenvalue weighted by Crippen LogP contribution is -2.29. The minimum atomic E-state index is -0.0488. The van der Waals surface area contributed by atoms with Gasteiger partial charge in [0.05, 0.1) is 16.7 Å². The van der Waals surface area contributed by atoms with Gasteiger partial charge in [-0.15, -0.1) is 0 Å². The highest BCUT2D eigenvalue weighted by Crippen LogP contribution is 2.19. The van der Waals surface area contributed by atoms with Gasteiger partial charge in [0.15, 0.2) is 5.16 Å². The molecule has 1 amide bonds. The van der Waals surface area contributed by atoms with Gasteiger partial charge in [-0.1, -0.05) is 55.4 Å². The van der Waals surface area contributed by atoms with E-state index in [1.807, 2.05) is 42.5 Å². The van der Waals surface area contributed by atoms with Crippen molar-refractivity contribution in [2.75, 3.05) is 30.3 Å². The molecule has 2 aromatic carbocycles. The monoisotopic (exact) mass is 452 g/mol. The molecule has 1 N–H and O–H groups in total. The lowest BCUT2D eigenvalue weighted by atomic mass is 10.2. The van der Waals surface area contributed by atoms with Crippen LogP contribution in [0.5, 0.6) is 0 Å². The molecule has 0 aliphatic rings. The van der Waals surface area contributed by atoms with Crippen LogP contribution in [0.4, 0.5) is 5.69 Å². The Labute approximate surface area is 194 Å². The molecular weight excluding hydrogens is 420 g/mol. The van der Waals surface area contributed by atoms with Crippen LogP contribution >= 0.6 is 11.8 Å². The third-order valence-electron chi connectivity index (χ3n) is 5.32. The molecule has 0 unspecified atom stereocenters. The van der Waals surface area contributed by atoms with Crippen LogP contribution in [0.1, 0.15) is 33.1 Å². The number of para-hydroxylation sites is 2. The van der Waals surface area contributed by atoms with Crippen molar-refractivity contribution in [3.05, 3.63) is 65.0 Å². The van der Waals surface area contributed by atoms with Crippen molar-refractivity contribution < 1.29 is 4.79 Å². The van der Waals surface area contributed by atoms with Gasteiger partial charge in [-0.2, -0.15) is 0 Å². The number of thioether (sulfide) groups is 1. The number of hydrogen-bond acceptors (Lipinski definition) is 5. The number of aromatic nitrogens is 2. The average molecular weight is 453 g/mol. The Morgan fingerprint density at radius 1 is 1.06 bits per heavy atom. The van der Waals surface area contributed by atoms with Gasteiger partial charge < -0.3 is 10.2 Å². The van der Waals surface area contributed by atoms with Crippen molar-refractivity contribution in [1.29, 1.82) is 0 Å². The van der Waals surface area contributed by atoms with Gasteiger partial charge in [0.2, 0.25) is 5.91 Å². The van der Waals surface area contributed by atoms with Crippen LogP contribution in [-0.2, 0) is 11.3 Å². The van der Waals surface area contributed by atoms with E-state index in [-0.39, 0.29) is 17.2 Å². The Morgan fingerprint density at radius 2 is 1.81 bits per heavy atom. The Bertz CT molecular complexity index is 1070. The van der Waals surface area contributed by atoms with E-state index < -0.39 is 0 Å². The molecule has 3 aromatic rings. The van der Waals surface area contributed by atoms with Crippen molar-refractivity contribution in [1.82, 2.24) is 14.9 Å². The summed E-state index contributed by atoms with van der Waals surface area (Å²) in [6.45, 7) is 7.20. The van der Waals surface area contributed by atoms with E-state index in [0.29, 0.717) is 29.1 Å². The molecule has 0 saturated carbocycles. The average Bonchev–Trinajstić information content (AvgIpc) is 2.82. The summed E-state index contributed by atoms with van der Waals surface area (Å²) in [6, 6.07) is 17.7. The molecular formula is C25H32N4O2S. The summed E-state index contributed by atoms with van der Waals surface area (Å²) in [4.78, 5) is 32.4. The number of nitrogens with one attached hydrogen (secondary N) is 1. The van der Waals surface area contributed by atoms with Crippen LogP contribution in [0.15, 0.2) is 64.5 Å². The molecule has 0 radical (unpaired) electrons. The summed E-state index contributed by atoms with van der Waals surface area (Å²) in [7, 11) is 0. The highest BCUT2D eigenvalue weighted by Gasteiger charge is 2.14. The predicted molar refractivity (Wildman–Crippen MR) is 134 cm³/mol. The molecule has 1 heterocycles. The Kier molecular flexibility index (Phi) is 9.16. The van der Waals surface area contributed by atoms with Gasteiger partial charge in [0.1, 0.15) is 0 Å². The smallest absolute Gasteiger partial charge is 0.262 e. The van der Waals surface area contributed by atoms with Crippen molar-refractivity contribution in [3.8, 4) is 0 Å². The van der Waals surface area contributed by atoms with Crippen LogP contribution in [0.25, 0.3) is 10.9 Å². The van der Waals surface area contributed by atoms with Crippen molar-refractivity contribution in [2.24, 2.45) is 0 Å². The van der Waals surface area contributed by atoms with E-state index in [4.69, 9.17) is 4.98 Å². The molecule has 0 bridgehead atoms. The Balaban J connectivity index is 1.74. The molecule has 0 aliphatic carbocycles. The lowest BCUT2D eigenvalue weighted by Gasteiger charge is -2.23. The highest BCUT2D eigenvalue weighted by molar-refractivity contribution is 7.99. The quantitative estimate of drug-likeness (QED) is 0.252. The predicted octanol–water partition coefficient (Wildman–Crippen LogP) is 4.32. The first-order chi connectivity index (χ1) is 15.6. The summed E-state index contributed by atoms with van der Waals surface area (Å²) in [6.07, 6.45) is 2.81. The van der Waals surface area contributed by atoms with Gasteiger partial charge >= 0.3 is 0 Å². The second-order valence-electron chi connectivity index (χ2n) is 7.63. The fourth-order valence-corrected chi connectivity index (χ4v) is 4.42. The zero-order chi connectivity index (χ0) is 22.8. The van der Waals surface area contributed by atoms with Crippen molar-refractivity contribution >= 4 is 34.3 Å². The largest absolute Gasteiger partial charge is 0.372 e. The van der Waals surface area contributed by atoms with Gasteiger partial charge in [-0.3, -0.25) is 14.2 Å². The lowest BCUT2D eigenvalue weighted by molar-refractivity contribution is -0.118. The number of carbonyl (C=O) groups excluding carboxylic acids is 1. The van der Waals surface area contributed by atoms with E-state index >= 15 is 0 Å². The van der Waals surface area contributed by atoms with Gasteiger partial charge in [0.25, 0.3) is 5.56 Å². The first kappa shape index (κ1) is 23.9. The summed E-state index contributed by atoms with van der Waals surface area (Å²) >= 11 is 1.33. The molecule has 0 atom stereocenters. The fraction of sp³-hybridized carbons (Fsp3) is 0.400. The van der Waals surface area contributed by atoms with Crippen LogP contribution < -0.4 is 15.8 Å². The number of carbonyl (C=O) groups is 1. The fourth-order valence-electron chi connectivity index (χ4n) is 3.57. The molecule has 6 nitrogen and oxygen atoms in total. The Hall–Kier alpha value is -2.80. The molecule has 0 saturated heterocycles. The van der Waals surface area contributed by atoms with Crippen molar-refractivity contribution in [2.45, 2.75) is 44.8 Å². The molecule has 0 fully saturated rings. The maximum atomic E-state index is 13.2. The number of hydrogen-bond donors (Lipinski definition) is 1. The minimum Gasteiger partial charge on any atom is -0.372 e. The van der Waals surface area contributed by atoms with E-state index in [0.717, 1.165) is 32.4 Å². The second-order valence-corrected chi connectivity index (χ2v) is 8.57. The SMILES string of the molecule is CCCCNC(=O)CSc1nc2ccccc2c(=O)n1CCCN(CC)c1ccccc1. The van der Waals surface area contributed by atoms with Crippen LogP contribution in [0.2, 0.25) is 0 Å². The molecule has 170 valence electrons. The van der Waals surface area contributed by atoms with Gasteiger partial charge in [-0.05, 0) is 44.0 Å². The number of nitrogens with zero attached hydrogens (tertiary/aromatic N) is 3. The summed E-state index contributed by atoms with van der Waals surface area (Å²) < 4.78 is 1.73. The minimum absolute atomic E-state index is 0.0290. The number of benzene rings is 2. The molecule has 0 aliphatic heterocycles. The zero-order valence-electron chi connectivity index (χ0n) is 18.9. The summed E-state index contributed by atoms with van der Waals surface area (Å²) in [5.41, 5.74) is 1.80. The molecule has 7 heteroatoms. The standard InChI is InChI=1S/C25H32N4O2S/c1-3-5-16-26-23(30)19-32-25-27-22-15-10-9-14-21(22)24(31)29(25)18-11-17-28(4-2)20-12-7-6-8-13-20/h6-10,12-15H,3-5,11,16-19H2,1-2H3,(H,26,30). The van der Waals surface area contributed by atoms with E-state index in [2.05, 4.69) is 36.2 Å². The Morgan fingerprint density at radius 3 is 2.56 bits per heavy atom. The number of unbranched alkanes of at least 4 members (excludes halogenated alkanes) is 1. The summed E-state index contributed by atoms with van der Waals surface area (Å²) in [5.74, 6) is 0.221. The van der Waals surface area contributed by atoms with Gasteiger partial charge in [-0.25, -0.2) is 4.98 Å². The second kappa shape index (κ2) is 12.3. The molecule has 1 aromatic heterocycles. The molecule has 0 spiro atoms. The number of rotatable bonds is 12. The van der Waals surface area contributed by atoms with E-state index in [9.17, 15) is 9.59 Å². The molecule has 32 heavy (non-hydrogen) atoms. The van der Waals surface area contributed by atoms with E-state index in [1.165, 1.54) is 17.4 Å².